The van der Waals surface area contributed by atoms with Gasteiger partial charge in [0.15, 0.2) is 0 Å². The molecule has 0 radical (unpaired) electrons. The van der Waals surface area contributed by atoms with Gasteiger partial charge in [-0.05, 0) is 40.8 Å². The highest BCUT2D eigenvalue weighted by Crippen LogP contribution is 2.26. The molecule has 0 atom stereocenters. The summed E-state index contributed by atoms with van der Waals surface area (Å²) in [6, 6.07) is 12.2. The Bertz CT molecular complexity index is 849. The number of methoxy groups -OCH3 is 2. The van der Waals surface area contributed by atoms with E-state index in [4.69, 9.17) is 9.47 Å². The first-order valence-electron chi connectivity index (χ1n) is 7.08. The number of nitrogens with one attached hydrogen (secondary N) is 1. The number of hydrogen-bond donors (Lipinski definition) is 1. The Kier molecular flexibility index (Phi) is 4.37. The first-order chi connectivity index (χ1) is 11.7. The van der Waals surface area contributed by atoms with Gasteiger partial charge in [-0.3, -0.25) is 4.79 Å². The molecule has 24 heavy (non-hydrogen) atoms. The summed E-state index contributed by atoms with van der Waals surface area (Å²) >= 11 is 0. The number of benzene rings is 2. The molecule has 0 saturated heterocycles. The number of hydrogen-bond acceptors (Lipinski definition) is 6. The Balaban J connectivity index is 1.90. The normalized spacial score (nSPS) is 10.2. The Morgan fingerprint density at radius 1 is 1.08 bits per heavy atom. The topological polar surface area (TPSA) is 91.2 Å². The van der Waals surface area contributed by atoms with Gasteiger partial charge in [0.05, 0.1) is 19.8 Å². The molecule has 0 aliphatic heterocycles. The summed E-state index contributed by atoms with van der Waals surface area (Å²) in [7, 11) is 3.07. The third-order valence-corrected chi connectivity index (χ3v) is 3.38. The Hall–Kier alpha value is -3.42. The molecule has 0 unspecified atom stereocenters. The lowest BCUT2D eigenvalue weighted by molar-refractivity contribution is 0.102. The highest BCUT2D eigenvalue weighted by Gasteiger charge is 2.14. The van der Waals surface area contributed by atoms with Crippen molar-refractivity contribution in [3.63, 3.8) is 0 Å². The Labute approximate surface area is 138 Å². The first-order valence-corrected chi connectivity index (χ1v) is 7.08. The summed E-state index contributed by atoms with van der Waals surface area (Å²) < 4.78 is 12.0. The van der Waals surface area contributed by atoms with E-state index in [1.54, 1.807) is 49.6 Å². The predicted octanol–water partition coefficient (Wildman–Crippen LogP) is 1.93. The highest BCUT2D eigenvalue weighted by atomic mass is 16.5. The highest BCUT2D eigenvalue weighted by molar-refractivity contribution is 6.06. The van der Waals surface area contributed by atoms with Crippen LogP contribution in [0.25, 0.3) is 5.69 Å². The second kappa shape index (κ2) is 6.78. The van der Waals surface area contributed by atoms with Gasteiger partial charge >= 0.3 is 0 Å². The van der Waals surface area contributed by atoms with Crippen LogP contribution in [-0.4, -0.2) is 40.3 Å². The summed E-state index contributed by atoms with van der Waals surface area (Å²) in [4.78, 5) is 12.5. The quantitative estimate of drug-likeness (QED) is 0.771. The van der Waals surface area contributed by atoms with Crippen molar-refractivity contribution in [3.05, 3.63) is 54.4 Å². The molecule has 0 spiro atoms. The van der Waals surface area contributed by atoms with E-state index in [0.29, 0.717) is 28.4 Å². The molecule has 0 aliphatic carbocycles. The maximum absolute atomic E-state index is 12.5. The summed E-state index contributed by atoms with van der Waals surface area (Å²) in [5.74, 6) is 0.807. The molecule has 0 bridgehead atoms. The molecule has 1 aromatic heterocycles. The van der Waals surface area contributed by atoms with Crippen LogP contribution in [-0.2, 0) is 0 Å². The van der Waals surface area contributed by atoms with E-state index < -0.39 is 0 Å². The van der Waals surface area contributed by atoms with E-state index in [0.717, 1.165) is 0 Å². The molecular weight excluding hydrogens is 310 g/mol. The summed E-state index contributed by atoms with van der Waals surface area (Å²) in [5, 5.41) is 13.9. The van der Waals surface area contributed by atoms with Crippen LogP contribution >= 0.6 is 0 Å². The molecular formula is C16H15N5O3. The largest absolute Gasteiger partial charge is 0.496 e. The lowest BCUT2D eigenvalue weighted by Crippen LogP contribution is -2.13. The number of carbonyl (C=O) groups is 1. The number of anilines is 1. The minimum atomic E-state index is -0.278. The second-order valence-corrected chi connectivity index (χ2v) is 4.80. The number of ether oxygens (including phenoxy) is 2. The molecule has 0 aliphatic rings. The van der Waals surface area contributed by atoms with Crippen molar-refractivity contribution < 1.29 is 14.3 Å². The van der Waals surface area contributed by atoms with Crippen molar-refractivity contribution in [1.82, 2.24) is 20.2 Å². The van der Waals surface area contributed by atoms with Crippen LogP contribution in [0.1, 0.15) is 10.4 Å². The number of aromatic nitrogens is 4. The number of tetrazole rings is 1. The number of amides is 1. The number of carbonyl (C=O) groups excluding carboxylic acids is 1. The molecule has 3 aromatic rings. The summed E-state index contributed by atoms with van der Waals surface area (Å²) in [6.07, 6.45) is 1.45. The molecule has 1 heterocycles. The van der Waals surface area contributed by atoms with Crippen molar-refractivity contribution in [2.75, 3.05) is 19.5 Å². The van der Waals surface area contributed by atoms with Crippen LogP contribution in [0.5, 0.6) is 11.5 Å². The maximum atomic E-state index is 12.5. The minimum Gasteiger partial charge on any atom is -0.496 e. The van der Waals surface area contributed by atoms with Crippen molar-refractivity contribution in [1.29, 1.82) is 0 Å². The van der Waals surface area contributed by atoms with Crippen LogP contribution in [0.2, 0.25) is 0 Å². The molecule has 0 fully saturated rings. The van der Waals surface area contributed by atoms with Gasteiger partial charge in [0.1, 0.15) is 23.5 Å². The third kappa shape index (κ3) is 3.02. The Morgan fingerprint density at radius 3 is 2.58 bits per heavy atom. The predicted molar refractivity (Wildman–Crippen MR) is 86.7 cm³/mol. The maximum Gasteiger partial charge on any atom is 0.259 e. The van der Waals surface area contributed by atoms with Crippen molar-refractivity contribution >= 4 is 11.6 Å². The zero-order chi connectivity index (χ0) is 16.9. The number of para-hydroxylation sites is 1. The molecule has 3 rings (SSSR count). The van der Waals surface area contributed by atoms with Gasteiger partial charge in [-0.2, -0.15) is 4.68 Å². The monoisotopic (exact) mass is 325 g/mol. The van der Waals surface area contributed by atoms with Crippen LogP contribution in [0, 0.1) is 0 Å². The fourth-order valence-electron chi connectivity index (χ4n) is 2.25. The van der Waals surface area contributed by atoms with Gasteiger partial charge in [-0.25, -0.2) is 0 Å². The van der Waals surface area contributed by atoms with Crippen LogP contribution in [0.4, 0.5) is 5.69 Å². The smallest absolute Gasteiger partial charge is 0.259 e. The molecule has 8 heteroatoms. The van der Waals surface area contributed by atoms with Crippen LogP contribution < -0.4 is 14.8 Å². The van der Waals surface area contributed by atoms with Crippen LogP contribution in [0.3, 0.4) is 0 Å². The molecule has 122 valence electrons. The van der Waals surface area contributed by atoms with Gasteiger partial charge in [0.25, 0.3) is 5.91 Å². The molecule has 8 nitrogen and oxygen atoms in total. The fourth-order valence-corrected chi connectivity index (χ4v) is 2.25. The molecule has 1 amide bonds. The van der Waals surface area contributed by atoms with Crippen molar-refractivity contribution in [2.45, 2.75) is 0 Å². The molecule has 1 N–H and O–H groups in total. The van der Waals surface area contributed by atoms with E-state index in [-0.39, 0.29) is 5.91 Å². The van der Waals surface area contributed by atoms with Gasteiger partial charge in [-0.1, -0.05) is 12.1 Å². The van der Waals surface area contributed by atoms with Crippen molar-refractivity contribution in [2.24, 2.45) is 0 Å². The lowest BCUT2D eigenvalue weighted by Gasteiger charge is -2.12. The summed E-state index contributed by atoms with van der Waals surface area (Å²) in [5.41, 5.74) is 1.64. The first kappa shape index (κ1) is 15.5. The zero-order valence-electron chi connectivity index (χ0n) is 13.1. The number of nitrogens with zero attached hydrogens (tertiary/aromatic N) is 4. The lowest BCUT2D eigenvalue weighted by atomic mass is 10.1. The average molecular weight is 325 g/mol. The molecule has 0 saturated carbocycles. The van der Waals surface area contributed by atoms with E-state index in [1.807, 2.05) is 0 Å². The second-order valence-electron chi connectivity index (χ2n) is 4.80. The third-order valence-electron chi connectivity index (χ3n) is 3.38. The van der Waals surface area contributed by atoms with Gasteiger partial charge in [-0.15, -0.1) is 5.10 Å². The standard InChI is InChI=1S/C16H15N5O3/c1-23-14-6-4-3-5-12(14)16(22)18-11-7-8-15(24-2)13(9-11)21-10-17-19-20-21/h3-10H,1-2H3,(H,18,22). The zero-order valence-corrected chi connectivity index (χ0v) is 13.1. The van der Waals surface area contributed by atoms with Crippen LogP contribution in [0.15, 0.2) is 48.8 Å². The fraction of sp³-hybridized carbons (Fsp3) is 0.125. The number of rotatable bonds is 5. The van der Waals surface area contributed by atoms with Gasteiger partial charge in [0, 0.05) is 5.69 Å². The van der Waals surface area contributed by atoms with E-state index in [9.17, 15) is 4.79 Å². The average Bonchev–Trinajstić information content (AvgIpc) is 3.16. The van der Waals surface area contributed by atoms with Gasteiger partial charge in [0.2, 0.25) is 0 Å². The van der Waals surface area contributed by atoms with Gasteiger partial charge < -0.3 is 14.8 Å². The Morgan fingerprint density at radius 2 is 1.88 bits per heavy atom. The minimum absolute atomic E-state index is 0.278. The SMILES string of the molecule is COc1ccccc1C(=O)Nc1ccc(OC)c(-n2cnnn2)c1. The summed E-state index contributed by atoms with van der Waals surface area (Å²) in [6.45, 7) is 0. The van der Waals surface area contributed by atoms with E-state index in [1.165, 1.54) is 18.1 Å². The van der Waals surface area contributed by atoms with E-state index >= 15 is 0 Å². The van der Waals surface area contributed by atoms with Crippen molar-refractivity contribution in [3.8, 4) is 17.2 Å². The molecule has 2 aromatic carbocycles. The van der Waals surface area contributed by atoms with E-state index in [2.05, 4.69) is 20.8 Å².